The Labute approximate surface area is 85.2 Å². The predicted molar refractivity (Wildman–Crippen MR) is 56.1 cm³/mol. The van der Waals surface area contributed by atoms with Crippen LogP contribution >= 0.6 is 22.9 Å². The van der Waals surface area contributed by atoms with Gasteiger partial charge in [-0.1, -0.05) is 0 Å². The van der Waals surface area contributed by atoms with Gasteiger partial charge in [-0.3, -0.25) is 0 Å². The fraction of sp³-hybridized carbons (Fsp3) is 0.100. The summed E-state index contributed by atoms with van der Waals surface area (Å²) >= 11 is 7.39. The Balaban J connectivity index is 2.65. The molecule has 1 nitrogen and oxygen atoms in total. The van der Waals surface area contributed by atoms with Crippen LogP contribution in [0.1, 0.15) is 10.4 Å². The molecule has 0 aliphatic rings. The molecule has 13 heavy (non-hydrogen) atoms. The summed E-state index contributed by atoms with van der Waals surface area (Å²) in [6.07, 6.45) is 0. The van der Waals surface area contributed by atoms with Crippen molar-refractivity contribution in [1.29, 1.82) is 5.26 Å². The monoisotopic (exact) mass is 207 g/mol. The van der Waals surface area contributed by atoms with Crippen LogP contribution in [0.2, 0.25) is 0 Å². The van der Waals surface area contributed by atoms with Crippen molar-refractivity contribution in [3.63, 3.8) is 0 Å². The number of thiophene rings is 1. The highest BCUT2D eigenvalue weighted by Crippen LogP contribution is 2.27. The average Bonchev–Trinajstić information content (AvgIpc) is 2.58. The fourth-order valence-electron chi connectivity index (χ4n) is 1.23. The van der Waals surface area contributed by atoms with Gasteiger partial charge in [-0.15, -0.1) is 22.9 Å². The van der Waals surface area contributed by atoms with Crippen LogP contribution in [0, 0.1) is 11.3 Å². The summed E-state index contributed by atoms with van der Waals surface area (Å²) < 4.78 is 1.19. The zero-order valence-electron chi connectivity index (χ0n) is 6.75. The van der Waals surface area contributed by atoms with Gasteiger partial charge in [-0.05, 0) is 29.7 Å². The molecule has 1 heterocycles. The second-order valence-corrected chi connectivity index (χ2v) is 4.15. The number of alkyl halides is 1. The first kappa shape index (κ1) is 8.55. The quantitative estimate of drug-likeness (QED) is 0.657. The van der Waals surface area contributed by atoms with Crippen molar-refractivity contribution in [2.24, 2.45) is 0 Å². The molecule has 0 amide bonds. The molecule has 1 aromatic carbocycles. The Bertz CT molecular complexity index is 481. The Morgan fingerprint density at radius 3 is 2.92 bits per heavy atom. The van der Waals surface area contributed by atoms with Crippen molar-refractivity contribution >= 4 is 33.0 Å². The first-order chi connectivity index (χ1) is 6.33. The van der Waals surface area contributed by atoms with E-state index in [0.717, 1.165) is 10.3 Å². The van der Waals surface area contributed by atoms with Crippen molar-refractivity contribution in [3.8, 4) is 6.07 Å². The molecule has 0 unspecified atom stereocenters. The number of nitrogens with zero attached hydrogens (tertiary/aromatic N) is 1. The molecule has 0 fully saturated rings. The highest BCUT2D eigenvalue weighted by Gasteiger charge is 2.01. The van der Waals surface area contributed by atoms with Crippen LogP contribution in [0.3, 0.4) is 0 Å². The molecule has 3 heteroatoms. The summed E-state index contributed by atoms with van der Waals surface area (Å²) in [5.74, 6) is 0.543. The van der Waals surface area contributed by atoms with Crippen molar-refractivity contribution in [3.05, 3.63) is 34.7 Å². The third kappa shape index (κ3) is 1.53. The van der Waals surface area contributed by atoms with E-state index in [-0.39, 0.29) is 0 Å². The maximum absolute atomic E-state index is 8.69. The van der Waals surface area contributed by atoms with Crippen molar-refractivity contribution in [1.82, 2.24) is 0 Å². The molecule has 0 radical (unpaired) electrons. The van der Waals surface area contributed by atoms with Crippen LogP contribution in [0.5, 0.6) is 0 Å². The number of nitriles is 1. The lowest BCUT2D eigenvalue weighted by atomic mass is 10.2. The molecule has 0 bridgehead atoms. The summed E-state index contributed by atoms with van der Waals surface area (Å²) in [5, 5.41) is 9.80. The van der Waals surface area contributed by atoms with Gasteiger partial charge in [0.15, 0.2) is 0 Å². The highest BCUT2D eigenvalue weighted by molar-refractivity contribution is 7.19. The molecule has 0 N–H and O–H groups in total. The Hall–Kier alpha value is -1.04. The van der Waals surface area contributed by atoms with Gasteiger partial charge in [-0.25, -0.2) is 0 Å². The summed E-state index contributed by atoms with van der Waals surface area (Å²) in [6.45, 7) is 0. The van der Waals surface area contributed by atoms with E-state index in [1.807, 2.05) is 24.3 Å². The van der Waals surface area contributed by atoms with Gasteiger partial charge in [0, 0.05) is 9.58 Å². The number of hydrogen-bond donors (Lipinski definition) is 0. The average molecular weight is 208 g/mol. The van der Waals surface area contributed by atoms with Gasteiger partial charge in [0.25, 0.3) is 0 Å². The summed E-state index contributed by atoms with van der Waals surface area (Å²) in [6, 6.07) is 9.84. The van der Waals surface area contributed by atoms with E-state index in [9.17, 15) is 0 Å². The number of benzene rings is 1. The van der Waals surface area contributed by atoms with E-state index in [4.69, 9.17) is 16.9 Å². The van der Waals surface area contributed by atoms with Crippen LogP contribution in [0.4, 0.5) is 0 Å². The number of hydrogen-bond acceptors (Lipinski definition) is 2. The third-order valence-corrected chi connectivity index (χ3v) is 3.39. The van der Waals surface area contributed by atoms with E-state index in [1.165, 1.54) is 4.70 Å². The first-order valence-electron chi connectivity index (χ1n) is 3.82. The molecule has 0 spiro atoms. The smallest absolute Gasteiger partial charge is 0.0991 e. The normalized spacial score (nSPS) is 10.2. The van der Waals surface area contributed by atoms with Crippen LogP contribution in [-0.2, 0) is 5.88 Å². The van der Waals surface area contributed by atoms with Crippen molar-refractivity contribution in [2.75, 3.05) is 0 Å². The van der Waals surface area contributed by atoms with Crippen LogP contribution in [0.15, 0.2) is 24.3 Å². The Morgan fingerprint density at radius 2 is 2.23 bits per heavy atom. The highest BCUT2D eigenvalue weighted by atomic mass is 35.5. The van der Waals surface area contributed by atoms with Gasteiger partial charge < -0.3 is 0 Å². The Morgan fingerprint density at radius 1 is 1.38 bits per heavy atom. The molecule has 2 rings (SSSR count). The largest absolute Gasteiger partial charge is 0.192 e. The topological polar surface area (TPSA) is 23.8 Å². The lowest BCUT2D eigenvalue weighted by Crippen LogP contribution is -1.70. The summed E-state index contributed by atoms with van der Waals surface area (Å²) in [7, 11) is 0. The van der Waals surface area contributed by atoms with Crippen molar-refractivity contribution < 1.29 is 0 Å². The molecule has 0 saturated heterocycles. The number of rotatable bonds is 1. The SMILES string of the molecule is N#Cc1ccc2sc(CCl)cc2c1. The van der Waals surface area contributed by atoms with E-state index in [0.29, 0.717) is 11.4 Å². The fourth-order valence-corrected chi connectivity index (χ4v) is 2.37. The maximum Gasteiger partial charge on any atom is 0.0991 e. The Kier molecular flexibility index (Phi) is 2.22. The van der Waals surface area contributed by atoms with E-state index in [2.05, 4.69) is 6.07 Å². The molecule has 0 saturated carbocycles. The molecule has 64 valence electrons. The molecule has 1 aromatic heterocycles. The molecule has 0 aliphatic heterocycles. The van der Waals surface area contributed by atoms with E-state index in [1.54, 1.807) is 11.3 Å². The molecule has 0 atom stereocenters. The standard InChI is InChI=1S/C10H6ClNS/c11-5-9-4-8-3-7(6-12)1-2-10(8)13-9/h1-4H,5H2. The molecular weight excluding hydrogens is 202 g/mol. The van der Waals surface area contributed by atoms with Crippen LogP contribution in [-0.4, -0.2) is 0 Å². The second kappa shape index (κ2) is 3.37. The van der Waals surface area contributed by atoms with Gasteiger partial charge in [-0.2, -0.15) is 5.26 Å². The molecule has 0 aliphatic carbocycles. The third-order valence-electron chi connectivity index (χ3n) is 1.83. The zero-order valence-corrected chi connectivity index (χ0v) is 8.32. The van der Waals surface area contributed by atoms with Crippen molar-refractivity contribution in [2.45, 2.75) is 5.88 Å². The van der Waals surface area contributed by atoms with Crippen LogP contribution < -0.4 is 0 Å². The van der Waals surface area contributed by atoms with Gasteiger partial charge in [0.05, 0.1) is 17.5 Å². The first-order valence-corrected chi connectivity index (χ1v) is 5.17. The van der Waals surface area contributed by atoms with Gasteiger partial charge in [0.2, 0.25) is 0 Å². The minimum absolute atomic E-state index is 0.543. The summed E-state index contributed by atoms with van der Waals surface area (Å²) in [4.78, 5) is 1.15. The predicted octanol–water partition coefficient (Wildman–Crippen LogP) is 3.51. The summed E-state index contributed by atoms with van der Waals surface area (Å²) in [5.41, 5.74) is 0.700. The molecular formula is C10H6ClNS. The van der Waals surface area contributed by atoms with Gasteiger partial charge >= 0.3 is 0 Å². The lowest BCUT2D eigenvalue weighted by molar-refractivity contribution is 1.50. The minimum Gasteiger partial charge on any atom is -0.192 e. The van der Waals surface area contributed by atoms with Crippen LogP contribution in [0.25, 0.3) is 10.1 Å². The zero-order chi connectivity index (χ0) is 9.26. The molecule has 2 aromatic rings. The van der Waals surface area contributed by atoms with E-state index >= 15 is 0 Å². The van der Waals surface area contributed by atoms with Gasteiger partial charge in [0.1, 0.15) is 0 Å². The van der Waals surface area contributed by atoms with E-state index < -0.39 is 0 Å². The second-order valence-electron chi connectivity index (χ2n) is 2.71. The number of halogens is 1. The minimum atomic E-state index is 0.543. The maximum atomic E-state index is 8.69. The lowest BCUT2D eigenvalue weighted by Gasteiger charge is -1.87. The number of fused-ring (bicyclic) bond motifs is 1.